The number of nitrogens with one attached hydrogen (secondary N) is 1. The van der Waals surface area contributed by atoms with Crippen molar-refractivity contribution in [3.63, 3.8) is 0 Å². The van der Waals surface area contributed by atoms with Crippen LogP contribution in [0.25, 0.3) is 0 Å². The molecule has 1 aliphatic heterocycles. The molecule has 9 heteroatoms. The quantitative estimate of drug-likeness (QED) is 0.494. The van der Waals surface area contributed by atoms with Gasteiger partial charge < -0.3 is 15.1 Å². The normalized spacial score (nSPS) is 16.1. The molecular formula is C20H19N5O3S. The third kappa shape index (κ3) is 4.24. The minimum absolute atomic E-state index is 0.0499. The second-order valence-corrected chi connectivity index (χ2v) is 7.61. The van der Waals surface area contributed by atoms with Crippen molar-refractivity contribution in [2.75, 3.05) is 11.5 Å². The van der Waals surface area contributed by atoms with Crippen LogP contribution < -0.4 is 11.3 Å². The molecule has 1 amide bonds. The number of carbonyl (C=O) groups excluding carboxylic acids is 1. The van der Waals surface area contributed by atoms with E-state index in [1.807, 2.05) is 37.3 Å². The Kier molecular flexibility index (Phi) is 5.22. The number of hydrogen-bond acceptors (Lipinski definition) is 7. The largest absolute Gasteiger partial charge is 0.467 e. The topological polar surface area (TPSA) is 118 Å². The molecular weight excluding hydrogens is 390 g/mol. The van der Waals surface area contributed by atoms with E-state index in [0.29, 0.717) is 17.3 Å². The van der Waals surface area contributed by atoms with Gasteiger partial charge in [-0.3, -0.25) is 9.59 Å². The van der Waals surface area contributed by atoms with E-state index >= 15 is 0 Å². The van der Waals surface area contributed by atoms with Gasteiger partial charge in [0.2, 0.25) is 0 Å². The number of nitrogens with two attached hydrogens (primary N) is 1. The molecule has 0 spiro atoms. The Bertz CT molecular complexity index is 1110. The first-order valence-corrected chi connectivity index (χ1v) is 9.98. The lowest BCUT2D eigenvalue weighted by Crippen LogP contribution is -2.28. The molecule has 1 aromatic carbocycles. The van der Waals surface area contributed by atoms with Gasteiger partial charge in [0, 0.05) is 12.5 Å². The maximum absolute atomic E-state index is 12.9. The number of nitrogen functional groups attached to an aromatic ring is 1. The highest BCUT2D eigenvalue weighted by molar-refractivity contribution is 7.99. The van der Waals surface area contributed by atoms with Gasteiger partial charge in [0.25, 0.3) is 11.5 Å². The molecule has 1 aliphatic rings. The maximum atomic E-state index is 12.9. The van der Waals surface area contributed by atoms with Gasteiger partial charge in [-0.05, 0) is 24.6 Å². The maximum Gasteiger partial charge on any atom is 0.253 e. The van der Waals surface area contributed by atoms with E-state index in [1.54, 1.807) is 12.3 Å². The molecule has 2 aromatic heterocycles. The van der Waals surface area contributed by atoms with Crippen molar-refractivity contribution in [1.82, 2.24) is 15.0 Å². The van der Waals surface area contributed by atoms with Crippen molar-refractivity contribution in [3.05, 3.63) is 76.0 Å². The van der Waals surface area contributed by atoms with Crippen LogP contribution in [0, 0.1) is 6.92 Å². The zero-order valence-corrected chi connectivity index (χ0v) is 16.5. The van der Waals surface area contributed by atoms with Crippen LogP contribution in [-0.2, 0) is 4.79 Å². The van der Waals surface area contributed by atoms with Crippen molar-refractivity contribution >= 4 is 29.2 Å². The molecule has 3 N–H and O–H groups in total. The van der Waals surface area contributed by atoms with Crippen LogP contribution in [-0.4, -0.2) is 32.3 Å². The highest BCUT2D eigenvalue weighted by Crippen LogP contribution is 2.33. The lowest BCUT2D eigenvalue weighted by Gasteiger charge is -2.19. The van der Waals surface area contributed by atoms with Gasteiger partial charge in [0.1, 0.15) is 17.6 Å². The fraction of sp³-hybridized carbons (Fsp3) is 0.200. The molecule has 148 valence electrons. The van der Waals surface area contributed by atoms with Crippen molar-refractivity contribution in [1.29, 1.82) is 0 Å². The Labute approximate surface area is 170 Å². The number of amides is 1. The number of carbonyl (C=O) groups is 1. The summed E-state index contributed by atoms with van der Waals surface area (Å²) < 4.78 is 5.55. The molecule has 0 aliphatic carbocycles. The summed E-state index contributed by atoms with van der Waals surface area (Å²) in [5, 5.41) is 6.32. The summed E-state index contributed by atoms with van der Waals surface area (Å²) in [4.78, 5) is 31.1. The SMILES string of the molecule is Cc1ccc(C2=NN(C(=O)CSc3nc(N)cc(=O)[nH]3)[C@@H](c3ccco3)C2)cc1. The first kappa shape index (κ1) is 19.0. The summed E-state index contributed by atoms with van der Waals surface area (Å²) in [6.07, 6.45) is 2.14. The molecule has 8 nitrogen and oxygen atoms in total. The van der Waals surface area contributed by atoms with Crippen LogP contribution in [0.15, 0.2) is 68.2 Å². The van der Waals surface area contributed by atoms with Gasteiger partial charge in [-0.25, -0.2) is 9.99 Å². The summed E-state index contributed by atoms with van der Waals surface area (Å²) in [7, 11) is 0. The summed E-state index contributed by atoms with van der Waals surface area (Å²) in [5.41, 5.74) is 8.18. The standard InChI is InChI=1S/C20H19N5O3S/c1-12-4-6-13(7-5-12)14-9-15(16-3-2-8-28-16)25(24-14)19(27)11-29-20-22-17(21)10-18(26)23-20/h2-8,10,15H,9,11H2,1H3,(H3,21,22,23,26)/t15-/m1/s1. The number of benzene rings is 1. The Hall–Kier alpha value is -3.33. The number of hydrazone groups is 1. The monoisotopic (exact) mass is 409 g/mol. The molecule has 0 saturated heterocycles. The number of anilines is 1. The fourth-order valence-electron chi connectivity index (χ4n) is 3.08. The predicted octanol–water partition coefficient (Wildman–Crippen LogP) is 2.72. The van der Waals surface area contributed by atoms with E-state index < -0.39 is 0 Å². The van der Waals surface area contributed by atoms with E-state index in [2.05, 4.69) is 15.1 Å². The van der Waals surface area contributed by atoms with Crippen molar-refractivity contribution in [2.45, 2.75) is 24.5 Å². The smallest absolute Gasteiger partial charge is 0.253 e. The van der Waals surface area contributed by atoms with Gasteiger partial charge in [-0.15, -0.1) is 0 Å². The number of aromatic amines is 1. The van der Waals surface area contributed by atoms with Crippen LogP contribution in [0.5, 0.6) is 0 Å². The van der Waals surface area contributed by atoms with Crippen LogP contribution in [0.2, 0.25) is 0 Å². The van der Waals surface area contributed by atoms with E-state index in [0.717, 1.165) is 28.6 Å². The molecule has 3 heterocycles. The van der Waals surface area contributed by atoms with E-state index in [-0.39, 0.29) is 29.1 Å². The van der Waals surface area contributed by atoms with Crippen LogP contribution in [0.1, 0.15) is 29.3 Å². The summed E-state index contributed by atoms with van der Waals surface area (Å²) in [6.45, 7) is 2.02. The molecule has 0 fully saturated rings. The number of hydrogen-bond donors (Lipinski definition) is 2. The highest BCUT2D eigenvalue weighted by Gasteiger charge is 2.34. The van der Waals surface area contributed by atoms with Gasteiger partial charge in [-0.1, -0.05) is 41.6 Å². The van der Waals surface area contributed by atoms with Crippen LogP contribution in [0.4, 0.5) is 5.82 Å². The Morgan fingerprint density at radius 1 is 1.34 bits per heavy atom. The Balaban J connectivity index is 1.56. The molecule has 0 unspecified atom stereocenters. The van der Waals surface area contributed by atoms with Crippen molar-refractivity contribution < 1.29 is 9.21 Å². The minimum Gasteiger partial charge on any atom is -0.467 e. The van der Waals surface area contributed by atoms with Crippen LogP contribution >= 0.6 is 11.8 Å². The Morgan fingerprint density at radius 2 is 2.14 bits per heavy atom. The van der Waals surface area contributed by atoms with Gasteiger partial charge in [0.15, 0.2) is 5.16 Å². The summed E-state index contributed by atoms with van der Waals surface area (Å²) >= 11 is 1.10. The second kappa shape index (κ2) is 7.96. The molecule has 3 aromatic rings. The van der Waals surface area contributed by atoms with Crippen LogP contribution in [0.3, 0.4) is 0 Å². The third-order valence-electron chi connectivity index (χ3n) is 4.49. The second-order valence-electron chi connectivity index (χ2n) is 6.65. The summed E-state index contributed by atoms with van der Waals surface area (Å²) in [5.74, 6) is 0.611. The molecule has 0 saturated carbocycles. The molecule has 0 bridgehead atoms. The first-order chi connectivity index (χ1) is 14.0. The lowest BCUT2D eigenvalue weighted by atomic mass is 10.0. The summed E-state index contributed by atoms with van der Waals surface area (Å²) in [6, 6.07) is 12.5. The van der Waals surface area contributed by atoms with E-state index in [4.69, 9.17) is 10.2 Å². The number of thioether (sulfide) groups is 1. The number of nitrogens with zero attached hydrogens (tertiary/aromatic N) is 3. The number of furan rings is 1. The van der Waals surface area contributed by atoms with E-state index in [9.17, 15) is 9.59 Å². The van der Waals surface area contributed by atoms with E-state index in [1.165, 1.54) is 11.1 Å². The lowest BCUT2D eigenvalue weighted by molar-refractivity contribution is -0.130. The zero-order chi connectivity index (χ0) is 20.4. The number of aromatic nitrogens is 2. The molecule has 4 rings (SSSR count). The van der Waals surface area contributed by atoms with Gasteiger partial charge >= 0.3 is 0 Å². The van der Waals surface area contributed by atoms with Crippen molar-refractivity contribution in [2.24, 2.45) is 5.10 Å². The molecule has 29 heavy (non-hydrogen) atoms. The number of aryl methyl sites for hydroxylation is 1. The average molecular weight is 409 g/mol. The molecule has 1 atom stereocenters. The highest BCUT2D eigenvalue weighted by atomic mass is 32.2. The first-order valence-electron chi connectivity index (χ1n) is 8.99. The van der Waals surface area contributed by atoms with Crippen molar-refractivity contribution in [3.8, 4) is 0 Å². The third-order valence-corrected chi connectivity index (χ3v) is 5.35. The fourth-order valence-corrected chi connectivity index (χ4v) is 3.82. The molecule has 0 radical (unpaired) electrons. The number of H-pyrrole nitrogens is 1. The van der Waals surface area contributed by atoms with Gasteiger partial charge in [-0.2, -0.15) is 5.10 Å². The zero-order valence-electron chi connectivity index (χ0n) is 15.7. The number of rotatable bonds is 5. The average Bonchev–Trinajstić information content (AvgIpc) is 3.35. The minimum atomic E-state index is -0.359. The van der Waals surface area contributed by atoms with Gasteiger partial charge in [0.05, 0.1) is 17.7 Å². The predicted molar refractivity (Wildman–Crippen MR) is 111 cm³/mol. The Morgan fingerprint density at radius 3 is 2.83 bits per heavy atom.